The van der Waals surface area contributed by atoms with E-state index < -0.39 is 28.6 Å². The molecule has 25 heavy (non-hydrogen) atoms. The first-order valence-corrected chi connectivity index (χ1v) is 7.07. The van der Waals surface area contributed by atoms with Gasteiger partial charge < -0.3 is 21.5 Å². The van der Waals surface area contributed by atoms with Crippen molar-refractivity contribution in [1.29, 1.82) is 0 Å². The van der Waals surface area contributed by atoms with Crippen LogP contribution < -0.4 is 21.5 Å². The molecule has 0 spiro atoms. The van der Waals surface area contributed by atoms with Gasteiger partial charge in [-0.05, 0) is 6.92 Å². The molecule has 1 aromatic carbocycles. The lowest BCUT2D eigenvalue weighted by molar-refractivity contribution is -0.383. The summed E-state index contributed by atoms with van der Waals surface area (Å²) in [5.74, 6) is -1.09. The molecule has 130 valence electrons. The molecule has 0 saturated heterocycles. The van der Waals surface area contributed by atoms with Crippen molar-refractivity contribution in [1.82, 2.24) is 4.98 Å². The Morgan fingerprint density at radius 2 is 1.96 bits per heavy atom. The molecule has 2 rings (SSSR count). The van der Waals surface area contributed by atoms with E-state index in [-0.39, 0.29) is 17.4 Å². The Hall–Kier alpha value is -3.69. The molecule has 2 aromatic rings. The minimum absolute atomic E-state index is 0.120. The largest absolute Gasteiger partial charge is 0.411 e. The number of nitrogens with two attached hydrogens (primary N) is 2. The van der Waals surface area contributed by atoms with Crippen molar-refractivity contribution < 1.29 is 19.2 Å². The standard InChI is InChI=1S/C15H15N5O5/c1-8(13(21)9-5-3-2-4-6-9)18-10-7-11(25-15(17)22)19-14(16)12(10)20(23)24/h2-8H,1H3,(H2,17,22)(H3,16,18,19)/t8-/m0/s1. The zero-order valence-electron chi connectivity index (χ0n) is 13.1. The Labute approximate surface area is 141 Å². The summed E-state index contributed by atoms with van der Waals surface area (Å²) in [6.45, 7) is 1.53. The Morgan fingerprint density at radius 3 is 2.52 bits per heavy atom. The van der Waals surface area contributed by atoms with Crippen LogP contribution in [0.5, 0.6) is 5.88 Å². The number of hydrogen-bond acceptors (Lipinski definition) is 8. The van der Waals surface area contributed by atoms with Crippen molar-refractivity contribution >= 4 is 29.1 Å². The van der Waals surface area contributed by atoms with Crippen molar-refractivity contribution in [3.63, 3.8) is 0 Å². The van der Waals surface area contributed by atoms with Gasteiger partial charge in [-0.25, -0.2) is 4.79 Å². The first kappa shape index (κ1) is 17.7. The molecule has 0 aliphatic heterocycles. The fourth-order valence-electron chi connectivity index (χ4n) is 2.14. The summed E-state index contributed by atoms with van der Waals surface area (Å²) in [6.07, 6.45) is -1.15. The highest BCUT2D eigenvalue weighted by molar-refractivity contribution is 6.01. The lowest BCUT2D eigenvalue weighted by Crippen LogP contribution is -2.27. The average molecular weight is 345 g/mol. The van der Waals surface area contributed by atoms with Crippen LogP contribution in [0.25, 0.3) is 0 Å². The number of ether oxygens (including phenoxy) is 1. The lowest BCUT2D eigenvalue weighted by Gasteiger charge is -2.15. The molecule has 0 fully saturated rings. The van der Waals surface area contributed by atoms with Gasteiger partial charge in [0.25, 0.3) is 0 Å². The number of benzene rings is 1. The Balaban J connectivity index is 2.36. The van der Waals surface area contributed by atoms with Crippen LogP contribution in [0.3, 0.4) is 0 Å². The lowest BCUT2D eigenvalue weighted by atomic mass is 10.1. The van der Waals surface area contributed by atoms with Gasteiger partial charge >= 0.3 is 11.8 Å². The third-order valence-electron chi connectivity index (χ3n) is 3.21. The Kier molecular flexibility index (Phi) is 5.12. The van der Waals surface area contributed by atoms with E-state index in [1.165, 1.54) is 6.92 Å². The molecule has 10 heteroatoms. The normalized spacial score (nSPS) is 11.4. The van der Waals surface area contributed by atoms with E-state index >= 15 is 0 Å². The number of carbonyl (C=O) groups is 2. The van der Waals surface area contributed by atoms with Crippen molar-refractivity contribution in [2.24, 2.45) is 5.73 Å². The number of amides is 1. The smallest absolute Gasteiger partial charge is 0.391 e. The zero-order chi connectivity index (χ0) is 18.6. The SMILES string of the molecule is C[C@H](Nc1cc(OC(N)=O)nc(N)c1[N+](=O)[O-])C(=O)c1ccccc1. The highest BCUT2D eigenvalue weighted by atomic mass is 16.6. The number of pyridine rings is 1. The van der Waals surface area contributed by atoms with Gasteiger partial charge in [0.05, 0.1) is 11.0 Å². The van der Waals surface area contributed by atoms with Gasteiger partial charge in [0.2, 0.25) is 11.7 Å². The number of rotatable bonds is 6. The molecule has 0 bridgehead atoms. The Morgan fingerprint density at radius 1 is 1.32 bits per heavy atom. The summed E-state index contributed by atoms with van der Waals surface area (Å²) in [7, 11) is 0. The molecule has 1 aromatic heterocycles. The third kappa shape index (κ3) is 4.19. The van der Waals surface area contributed by atoms with E-state index in [1.807, 2.05) is 0 Å². The van der Waals surface area contributed by atoms with E-state index in [1.54, 1.807) is 30.3 Å². The number of anilines is 2. The molecule has 1 heterocycles. The average Bonchev–Trinajstić information content (AvgIpc) is 2.53. The number of nitrogens with one attached hydrogen (secondary N) is 1. The van der Waals surface area contributed by atoms with Crippen LogP contribution in [-0.2, 0) is 0 Å². The number of nitrogen functional groups attached to an aromatic ring is 1. The van der Waals surface area contributed by atoms with Gasteiger partial charge in [-0.1, -0.05) is 30.3 Å². The van der Waals surface area contributed by atoms with E-state index in [0.29, 0.717) is 5.56 Å². The summed E-state index contributed by atoms with van der Waals surface area (Å²) in [5, 5.41) is 13.9. The van der Waals surface area contributed by atoms with Gasteiger partial charge in [-0.2, -0.15) is 4.98 Å². The van der Waals surface area contributed by atoms with E-state index in [4.69, 9.17) is 11.5 Å². The summed E-state index contributed by atoms with van der Waals surface area (Å²) in [4.78, 5) is 37.3. The van der Waals surface area contributed by atoms with Crippen LogP contribution in [0.1, 0.15) is 17.3 Å². The molecule has 0 aliphatic rings. The third-order valence-corrected chi connectivity index (χ3v) is 3.21. The number of nitrogens with zero attached hydrogens (tertiary/aromatic N) is 2. The Bertz CT molecular complexity index is 825. The summed E-state index contributed by atoms with van der Waals surface area (Å²) in [5.41, 5.74) is 10.2. The number of ketones is 1. The zero-order valence-corrected chi connectivity index (χ0v) is 13.1. The van der Waals surface area contributed by atoms with E-state index in [2.05, 4.69) is 15.0 Å². The van der Waals surface area contributed by atoms with E-state index in [0.717, 1.165) is 6.07 Å². The van der Waals surface area contributed by atoms with Gasteiger partial charge in [0, 0.05) is 11.6 Å². The number of carbonyl (C=O) groups excluding carboxylic acids is 2. The molecular formula is C15H15N5O5. The van der Waals surface area contributed by atoms with Crippen LogP contribution in [0.4, 0.5) is 22.0 Å². The summed E-state index contributed by atoms with van der Waals surface area (Å²) >= 11 is 0. The highest BCUT2D eigenvalue weighted by Gasteiger charge is 2.25. The second-order valence-electron chi connectivity index (χ2n) is 5.02. The fourth-order valence-corrected chi connectivity index (χ4v) is 2.14. The number of primary amides is 1. The van der Waals surface area contributed by atoms with Crippen LogP contribution in [0.15, 0.2) is 36.4 Å². The molecule has 5 N–H and O–H groups in total. The highest BCUT2D eigenvalue weighted by Crippen LogP contribution is 2.33. The minimum atomic E-state index is -1.15. The second-order valence-corrected chi connectivity index (χ2v) is 5.02. The summed E-state index contributed by atoms with van der Waals surface area (Å²) < 4.78 is 4.60. The quantitative estimate of drug-likeness (QED) is 0.404. The van der Waals surface area contributed by atoms with Crippen LogP contribution in [-0.4, -0.2) is 27.8 Å². The molecular weight excluding hydrogens is 330 g/mol. The number of aromatic nitrogens is 1. The molecule has 1 amide bonds. The number of Topliss-reactive ketones (excluding diaryl/α,β-unsaturated/α-hetero) is 1. The molecule has 0 saturated carbocycles. The van der Waals surface area contributed by atoms with Crippen molar-refractivity contribution in [2.45, 2.75) is 13.0 Å². The maximum atomic E-state index is 12.4. The first-order chi connectivity index (χ1) is 11.8. The minimum Gasteiger partial charge on any atom is -0.391 e. The monoisotopic (exact) mass is 345 g/mol. The topological polar surface area (TPSA) is 163 Å². The molecule has 0 unspecified atom stereocenters. The predicted molar refractivity (Wildman–Crippen MR) is 89.4 cm³/mol. The van der Waals surface area contributed by atoms with Gasteiger partial charge in [-0.15, -0.1) is 0 Å². The molecule has 0 aliphatic carbocycles. The molecule has 10 nitrogen and oxygen atoms in total. The van der Waals surface area contributed by atoms with Crippen LogP contribution in [0.2, 0.25) is 0 Å². The van der Waals surface area contributed by atoms with Gasteiger partial charge in [0.15, 0.2) is 5.78 Å². The van der Waals surface area contributed by atoms with Gasteiger partial charge in [0.1, 0.15) is 5.69 Å². The van der Waals surface area contributed by atoms with Crippen molar-refractivity contribution in [2.75, 3.05) is 11.1 Å². The van der Waals surface area contributed by atoms with E-state index in [9.17, 15) is 19.7 Å². The predicted octanol–water partition coefficient (Wildman–Crippen LogP) is 1.71. The molecule has 1 atom stereocenters. The first-order valence-electron chi connectivity index (χ1n) is 7.07. The van der Waals surface area contributed by atoms with Crippen molar-refractivity contribution in [3.05, 3.63) is 52.1 Å². The van der Waals surface area contributed by atoms with Gasteiger partial charge in [-0.3, -0.25) is 14.9 Å². The van der Waals surface area contributed by atoms with Crippen LogP contribution in [0, 0.1) is 10.1 Å². The summed E-state index contributed by atoms with van der Waals surface area (Å²) in [6, 6.07) is 8.67. The second kappa shape index (κ2) is 7.25. The van der Waals surface area contributed by atoms with Crippen LogP contribution >= 0.6 is 0 Å². The number of hydrogen-bond donors (Lipinski definition) is 3. The maximum Gasteiger partial charge on any atom is 0.411 e. The number of nitro groups is 1. The van der Waals surface area contributed by atoms with Crippen molar-refractivity contribution in [3.8, 4) is 5.88 Å². The fraction of sp³-hybridized carbons (Fsp3) is 0.133. The maximum absolute atomic E-state index is 12.4. The molecule has 0 radical (unpaired) electrons.